The predicted octanol–water partition coefficient (Wildman–Crippen LogP) is 3.07. The molecule has 5 nitrogen and oxygen atoms in total. The van der Waals surface area contributed by atoms with Gasteiger partial charge in [-0.05, 0) is 11.6 Å². The third kappa shape index (κ3) is 2.50. The molecule has 0 bridgehead atoms. The van der Waals surface area contributed by atoms with Crippen LogP contribution in [0.2, 0.25) is 0 Å². The Balaban J connectivity index is 1.59. The van der Waals surface area contributed by atoms with E-state index in [1.807, 2.05) is 30.5 Å². The molecule has 3 aromatic rings. The van der Waals surface area contributed by atoms with Crippen LogP contribution in [-0.4, -0.2) is 23.2 Å². The molecular formula is C15H13N3O2S. The van der Waals surface area contributed by atoms with E-state index in [2.05, 4.69) is 15.3 Å². The molecule has 106 valence electrons. The second kappa shape index (κ2) is 5.21. The number of pyridine rings is 1. The highest BCUT2D eigenvalue weighted by Gasteiger charge is 2.15. The van der Waals surface area contributed by atoms with Gasteiger partial charge in [-0.1, -0.05) is 17.4 Å². The van der Waals surface area contributed by atoms with Crippen molar-refractivity contribution in [2.24, 2.45) is 0 Å². The van der Waals surface area contributed by atoms with E-state index < -0.39 is 0 Å². The van der Waals surface area contributed by atoms with Crippen LogP contribution >= 0.6 is 11.3 Å². The SMILES string of the molecule is c1cncc(CNc2nc3cc4c(cc3s2)OCCO4)c1. The van der Waals surface area contributed by atoms with Crippen LogP contribution in [0.25, 0.3) is 10.2 Å². The van der Waals surface area contributed by atoms with E-state index in [1.165, 1.54) is 0 Å². The molecule has 1 aliphatic heterocycles. The van der Waals surface area contributed by atoms with Crippen LogP contribution in [-0.2, 0) is 6.54 Å². The van der Waals surface area contributed by atoms with Crippen molar-refractivity contribution in [1.29, 1.82) is 0 Å². The smallest absolute Gasteiger partial charge is 0.184 e. The Morgan fingerprint density at radius 1 is 1.19 bits per heavy atom. The molecule has 0 fully saturated rings. The lowest BCUT2D eigenvalue weighted by molar-refractivity contribution is 0.172. The maximum atomic E-state index is 5.60. The van der Waals surface area contributed by atoms with Crippen LogP contribution in [0.15, 0.2) is 36.7 Å². The quantitative estimate of drug-likeness (QED) is 0.805. The highest BCUT2D eigenvalue weighted by molar-refractivity contribution is 7.22. The Morgan fingerprint density at radius 3 is 2.86 bits per heavy atom. The van der Waals surface area contributed by atoms with Gasteiger partial charge in [-0.15, -0.1) is 0 Å². The average Bonchev–Trinajstić information content (AvgIpc) is 2.93. The minimum Gasteiger partial charge on any atom is -0.486 e. The lowest BCUT2D eigenvalue weighted by atomic mass is 10.3. The molecule has 3 heterocycles. The first-order chi connectivity index (χ1) is 10.4. The molecule has 0 atom stereocenters. The summed E-state index contributed by atoms with van der Waals surface area (Å²) in [4.78, 5) is 8.69. The first-order valence-corrected chi connectivity index (χ1v) is 7.53. The van der Waals surface area contributed by atoms with Gasteiger partial charge in [0.25, 0.3) is 0 Å². The van der Waals surface area contributed by atoms with Crippen molar-refractivity contribution in [1.82, 2.24) is 9.97 Å². The van der Waals surface area contributed by atoms with E-state index in [-0.39, 0.29) is 0 Å². The van der Waals surface area contributed by atoms with Gasteiger partial charge in [-0.2, -0.15) is 0 Å². The van der Waals surface area contributed by atoms with Gasteiger partial charge in [0.2, 0.25) is 0 Å². The van der Waals surface area contributed by atoms with E-state index in [0.717, 1.165) is 32.4 Å². The highest BCUT2D eigenvalue weighted by Crippen LogP contribution is 2.37. The van der Waals surface area contributed by atoms with Crippen molar-refractivity contribution in [3.63, 3.8) is 0 Å². The van der Waals surface area contributed by atoms with Crippen LogP contribution in [0, 0.1) is 0 Å². The van der Waals surface area contributed by atoms with Crippen molar-refractivity contribution in [3.05, 3.63) is 42.2 Å². The van der Waals surface area contributed by atoms with Gasteiger partial charge in [0.1, 0.15) is 13.2 Å². The molecule has 0 amide bonds. The third-order valence-electron chi connectivity index (χ3n) is 3.22. The Kier molecular flexibility index (Phi) is 3.08. The zero-order chi connectivity index (χ0) is 14.1. The summed E-state index contributed by atoms with van der Waals surface area (Å²) in [6.45, 7) is 1.90. The normalized spacial score (nSPS) is 13.3. The number of hydrogen-bond donors (Lipinski definition) is 1. The van der Waals surface area contributed by atoms with Crippen molar-refractivity contribution >= 4 is 26.7 Å². The number of aromatic nitrogens is 2. The van der Waals surface area contributed by atoms with Crippen molar-refractivity contribution < 1.29 is 9.47 Å². The topological polar surface area (TPSA) is 56.3 Å². The molecule has 0 aliphatic carbocycles. The largest absolute Gasteiger partial charge is 0.486 e. The predicted molar refractivity (Wildman–Crippen MR) is 82.2 cm³/mol. The summed E-state index contributed by atoms with van der Waals surface area (Å²) < 4.78 is 12.3. The number of benzene rings is 1. The lowest BCUT2D eigenvalue weighted by Gasteiger charge is -2.17. The standard InChI is InChI=1S/C15H13N3O2S/c1-2-10(8-16-3-1)9-17-15-18-11-6-12-13(7-14(11)21-15)20-5-4-19-12/h1-3,6-8H,4-5,9H2,(H,17,18). The van der Waals surface area contributed by atoms with Crippen LogP contribution in [0.5, 0.6) is 11.5 Å². The molecule has 4 rings (SSSR count). The minimum atomic E-state index is 0.592. The van der Waals surface area contributed by atoms with Crippen molar-refractivity contribution in [2.75, 3.05) is 18.5 Å². The van der Waals surface area contributed by atoms with Crippen LogP contribution in [0.1, 0.15) is 5.56 Å². The molecule has 21 heavy (non-hydrogen) atoms. The van der Waals surface area contributed by atoms with E-state index in [4.69, 9.17) is 9.47 Å². The lowest BCUT2D eigenvalue weighted by Crippen LogP contribution is -2.15. The molecular weight excluding hydrogens is 286 g/mol. The molecule has 0 spiro atoms. The molecule has 1 N–H and O–H groups in total. The van der Waals surface area contributed by atoms with E-state index in [9.17, 15) is 0 Å². The maximum absolute atomic E-state index is 5.60. The van der Waals surface area contributed by atoms with Crippen LogP contribution in [0.3, 0.4) is 0 Å². The summed E-state index contributed by atoms with van der Waals surface area (Å²) >= 11 is 1.61. The first-order valence-electron chi connectivity index (χ1n) is 6.71. The van der Waals surface area contributed by atoms with Crippen LogP contribution in [0.4, 0.5) is 5.13 Å². The number of anilines is 1. The van der Waals surface area contributed by atoms with E-state index >= 15 is 0 Å². The molecule has 1 aromatic carbocycles. The summed E-state index contributed by atoms with van der Waals surface area (Å²) in [6.07, 6.45) is 3.62. The monoisotopic (exact) mass is 299 g/mol. The fourth-order valence-electron chi connectivity index (χ4n) is 2.22. The number of ether oxygens (including phenoxy) is 2. The van der Waals surface area contributed by atoms with Gasteiger partial charge in [0.05, 0.1) is 10.2 Å². The Hall–Kier alpha value is -2.34. The molecule has 2 aromatic heterocycles. The molecule has 1 aliphatic rings. The maximum Gasteiger partial charge on any atom is 0.184 e. The summed E-state index contributed by atoms with van der Waals surface area (Å²) in [5.74, 6) is 1.58. The summed E-state index contributed by atoms with van der Waals surface area (Å²) in [5.41, 5.74) is 2.06. The molecule has 6 heteroatoms. The van der Waals surface area contributed by atoms with E-state index in [0.29, 0.717) is 19.8 Å². The zero-order valence-electron chi connectivity index (χ0n) is 11.2. The number of thiazole rings is 1. The number of fused-ring (bicyclic) bond motifs is 2. The molecule has 0 saturated heterocycles. The van der Waals surface area contributed by atoms with Crippen molar-refractivity contribution in [2.45, 2.75) is 6.54 Å². The Morgan fingerprint density at radius 2 is 2.05 bits per heavy atom. The van der Waals surface area contributed by atoms with Gasteiger partial charge < -0.3 is 14.8 Å². The highest BCUT2D eigenvalue weighted by atomic mass is 32.1. The first kappa shape index (κ1) is 12.4. The van der Waals surface area contributed by atoms with Gasteiger partial charge >= 0.3 is 0 Å². The number of hydrogen-bond acceptors (Lipinski definition) is 6. The Labute approximate surface area is 125 Å². The molecule has 0 unspecified atom stereocenters. The molecule has 0 saturated carbocycles. The number of nitrogens with one attached hydrogen (secondary N) is 1. The van der Waals surface area contributed by atoms with Crippen LogP contribution < -0.4 is 14.8 Å². The fourth-order valence-corrected chi connectivity index (χ4v) is 3.09. The summed E-state index contributed by atoms with van der Waals surface area (Å²) in [7, 11) is 0. The minimum absolute atomic E-state index is 0.592. The Bertz CT molecular complexity index is 730. The fraction of sp³-hybridized carbons (Fsp3) is 0.200. The second-order valence-corrected chi connectivity index (χ2v) is 5.73. The van der Waals surface area contributed by atoms with Gasteiger partial charge in [-0.3, -0.25) is 4.98 Å². The van der Waals surface area contributed by atoms with Crippen molar-refractivity contribution in [3.8, 4) is 11.5 Å². The van der Waals surface area contributed by atoms with Gasteiger partial charge in [0.15, 0.2) is 16.6 Å². The summed E-state index contributed by atoms with van der Waals surface area (Å²) in [5, 5.41) is 4.21. The number of nitrogens with zero attached hydrogens (tertiary/aromatic N) is 2. The zero-order valence-corrected chi connectivity index (χ0v) is 12.0. The second-order valence-electron chi connectivity index (χ2n) is 4.70. The summed E-state index contributed by atoms with van der Waals surface area (Å²) in [6, 6.07) is 7.90. The van der Waals surface area contributed by atoms with Gasteiger partial charge in [-0.25, -0.2) is 4.98 Å². The molecule has 0 radical (unpaired) electrons. The van der Waals surface area contributed by atoms with E-state index in [1.54, 1.807) is 17.5 Å². The average molecular weight is 299 g/mol. The van der Waals surface area contributed by atoms with Gasteiger partial charge in [0, 0.05) is 31.1 Å². The number of rotatable bonds is 3. The third-order valence-corrected chi connectivity index (χ3v) is 4.19.